The zero-order valence-electron chi connectivity index (χ0n) is 12.6. The first-order valence-electron chi connectivity index (χ1n) is 7.39. The molecular formula is C18H24N2. The largest absolute Gasteiger partial charge is 0.344 e. The SMILES string of the molecule is CCNC(CC)c1ccccc1N(C)c1ccccc1. The first-order chi connectivity index (χ1) is 9.77. The zero-order valence-corrected chi connectivity index (χ0v) is 12.6. The maximum Gasteiger partial charge on any atom is 0.0456 e. The third kappa shape index (κ3) is 3.20. The van der Waals surface area contributed by atoms with Gasteiger partial charge >= 0.3 is 0 Å². The average Bonchev–Trinajstić information content (AvgIpc) is 2.53. The lowest BCUT2D eigenvalue weighted by Crippen LogP contribution is -2.22. The van der Waals surface area contributed by atoms with Crippen LogP contribution in [0.2, 0.25) is 0 Å². The van der Waals surface area contributed by atoms with E-state index >= 15 is 0 Å². The third-order valence-electron chi connectivity index (χ3n) is 3.68. The number of hydrogen-bond donors (Lipinski definition) is 1. The fourth-order valence-electron chi connectivity index (χ4n) is 2.60. The van der Waals surface area contributed by atoms with Crippen LogP contribution in [0, 0.1) is 0 Å². The van der Waals surface area contributed by atoms with Gasteiger partial charge in [0.1, 0.15) is 0 Å². The highest BCUT2D eigenvalue weighted by Gasteiger charge is 2.15. The molecule has 0 aromatic heterocycles. The van der Waals surface area contributed by atoms with Crippen molar-refractivity contribution in [3.8, 4) is 0 Å². The molecule has 1 unspecified atom stereocenters. The Kier molecular flexibility index (Phi) is 5.19. The van der Waals surface area contributed by atoms with Crippen molar-refractivity contribution in [1.82, 2.24) is 5.32 Å². The minimum absolute atomic E-state index is 0.405. The van der Waals surface area contributed by atoms with Crippen LogP contribution in [0.3, 0.4) is 0 Å². The minimum Gasteiger partial charge on any atom is -0.344 e. The number of nitrogens with zero attached hydrogens (tertiary/aromatic N) is 1. The molecule has 1 atom stereocenters. The Morgan fingerprint density at radius 3 is 2.25 bits per heavy atom. The molecule has 0 radical (unpaired) electrons. The summed E-state index contributed by atoms with van der Waals surface area (Å²) in [4.78, 5) is 2.26. The van der Waals surface area contributed by atoms with Crippen molar-refractivity contribution >= 4 is 11.4 Å². The molecule has 20 heavy (non-hydrogen) atoms. The highest BCUT2D eigenvalue weighted by atomic mass is 15.1. The second-order valence-electron chi connectivity index (χ2n) is 4.97. The molecule has 1 N–H and O–H groups in total. The molecule has 0 spiro atoms. The van der Waals surface area contributed by atoms with Gasteiger partial charge in [0.2, 0.25) is 0 Å². The fraction of sp³-hybridized carbons (Fsp3) is 0.333. The summed E-state index contributed by atoms with van der Waals surface area (Å²) in [5.74, 6) is 0. The van der Waals surface area contributed by atoms with Gasteiger partial charge in [-0.1, -0.05) is 50.2 Å². The lowest BCUT2D eigenvalue weighted by atomic mass is 10.0. The van der Waals surface area contributed by atoms with Crippen molar-refractivity contribution in [2.45, 2.75) is 26.3 Å². The number of anilines is 2. The normalized spacial score (nSPS) is 12.2. The molecule has 2 aromatic carbocycles. The molecule has 2 aromatic rings. The van der Waals surface area contributed by atoms with Crippen molar-refractivity contribution in [1.29, 1.82) is 0 Å². The Balaban J connectivity index is 2.36. The van der Waals surface area contributed by atoms with Crippen molar-refractivity contribution in [2.24, 2.45) is 0 Å². The van der Waals surface area contributed by atoms with E-state index in [9.17, 15) is 0 Å². The van der Waals surface area contributed by atoms with Crippen LogP contribution in [0.1, 0.15) is 31.9 Å². The van der Waals surface area contributed by atoms with E-state index in [2.05, 4.69) is 85.7 Å². The zero-order chi connectivity index (χ0) is 14.4. The second kappa shape index (κ2) is 7.11. The van der Waals surface area contributed by atoms with E-state index in [1.165, 1.54) is 16.9 Å². The minimum atomic E-state index is 0.405. The maximum atomic E-state index is 3.57. The Morgan fingerprint density at radius 2 is 1.60 bits per heavy atom. The van der Waals surface area contributed by atoms with Gasteiger partial charge in [-0.3, -0.25) is 0 Å². The highest BCUT2D eigenvalue weighted by Crippen LogP contribution is 2.31. The van der Waals surface area contributed by atoms with Crippen LogP contribution in [-0.2, 0) is 0 Å². The summed E-state index contributed by atoms with van der Waals surface area (Å²) in [7, 11) is 2.13. The topological polar surface area (TPSA) is 15.3 Å². The molecule has 0 bridgehead atoms. The molecule has 2 heteroatoms. The fourth-order valence-corrected chi connectivity index (χ4v) is 2.60. The maximum absolute atomic E-state index is 3.57. The van der Waals surface area contributed by atoms with E-state index in [4.69, 9.17) is 0 Å². The van der Waals surface area contributed by atoms with E-state index in [1.807, 2.05) is 0 Å². The van der Waals surface area contributed by atoms with Crippen LogP contribution in [0.4, 0.5) is 11.4 Å². The van der Waals surface area contributed by atoms with Gasteiger partial charge in [0.05, 0.1) is 0 Å². The Morgan fingerprint density at radius 1 is 0.950 bits per heavy atom. The molecule has 0 saturated carbocycles. The lowest BCUT2D eigenvalue weighted by Gasteiger charge is -2.26. The number of rotatable bonds is 6. The van der Waals surface area contributed by atoms with Gasteiger partial charge in [0.25, 0.3) is 0 Å². The standard InChI is InChI=1S/C18H24N2/c1-4-17(19-5-2)16-13-9-10-14-18(16)20(3)15-11-7-6-8-12-15/h6-14,17,19H,4-5H2,1-3H3. The molecule has 2 rings (SSSR count). The van der Waals surface area contributed by atoms with Gasteiger partial charge in [-0.25, -0.2) is 0 Å². The van der Waals surface area contributed by atoms with Gasteiger partial charge in [-0.2, -0.15) is 0 Å². The molecule has 0 aliphatic heterocycles. The van der Waals surface area contributed by atoms with Crippen molar-refractivity contribution in [3.05, 3.63) is 60.2 Å². The Labute approximate surface area is 122 Å². The molecule has 0 aliphatic carbocycles. The number of hydrogen-bond acceptors (Lipinski definition) is 2. The number of benzene rings is 2. The van der Waals surface area contributed by atoms with Gasteiger partial charge in [-0.05, 0) is 36.7 Å². The first kappa shape index (κ1) is 14.6. The van der Waals surface area contributed by atoms with Crippen molar-refractivity contribution in [2.75, 3.05) is 18.5 Å². The quantitative estimate of drug-likeness (QED) is 0.829. The molecular weight excluding hydrogens is 244 g/mol. The van der Waals surface area contributed by atoms with Crippen LogP contribution in [0.15, 0.2) is 54.6 Å². The van der Waals surface area contributed by atoms with Gasteiger partial charge in [0, 0.05) is 24.5 Å². The van der Waals surface area contributed by atoms with Gasteiger partial charge in [-0.15, -0.1) is 0 Å². The molecule has 0 amide bonds. The molecule has 0 fully saturated rings. The second-order valence-corrected chi connectivity index (χ2v) is 4.97. The van der Waals surface area contributed by atoms with Crippen LogP contribution >= 0.6 is 0 Å². The smallest absolute Gasteiger partial charge is 0.0456 e. The van der Waals surface area contributed by atoms with E-state index in [0.717, 1.165) is 13.0 Å². The van der Waals surface area contributed by atoms with Crippen molar-refractivity contribution in [3.63, 3.8) is 0 Å². The van der Waals surface area contributed by atoms with E-state index in [1.54, 1.807) is 0 Å². The van der Waals surface area contributed by atoms with E-state index in [-0.39, 0.29) is 0 Å². The van der Waals surface area contributed by atoms with E-state index < -0.39 is 0 Å². The van der Waals surface area contributed by atoms with E-state index in [0.29, 0.717) is 6.04 Å². The molecule has 106 valence electrons. The van der Waals surface area contributed by atoms with Crippen LogP contribution in [0.25, 0.3) is 0 Å². The summed E-state index contributed by atoms with van der Waals surface area (Å²) < 4.78 is 0. The summed E-state index contributed by atoms with van der Waals surface area (Å²) in [6, 6.07) is 19.6. The van der Waals surface area contributed by atoms with Crippen LogP contribution < -0.4 is 10.2 Å². The Bertz CT molecular complexity index is 522. The first-order valence-corrected chi connectivity index (χ1v) is 7.39. The van der Waals surface area contributed by atoms with Gasteiger partial charge in [0.15, 0.2) is 0 Å². The summed E-state index contributed by atoms with van der Waals surface area (Å²) in [6.07, 6.45) is 1.09. The average molecular weight is 268 g/mol. The summed E-state index contributed by atoms with van der Waals surface area (Å²) in [6.45, 7) is 5.38. The lowest BCUT2D eigenvalue weighted by molar-refractivity contribution is 0.538. The third-order valence-corrected chi connectivity index (χ3v) is 3.68. The molecule has 0 heterocycles. The summed E-state index contributed by atoms with van der Waals surface area (Å²) in [5, 5.41) is 3.57. The summed E-state index contributed by atoms with van der Waals surface area (Å²) >= 11 is 0. The predicted molar refractivity (Wildman–Crippen MR) is 87.7 cm³/mol. The van der Waals surface area contributed by atoms with Crippen molar-refractivity contribution < 1.29 is 0 Å². The number of nitrogens with one attached hydrogen (secondary N) is 1. The Hall–Kier alpha value is -1.80. The highest BCUT2D eigenvalue weighted by molar-refractivity contribution is 5.66. The molecule has 2 nitrogen and oxygen atoms in total. The predicted octanol–water partition coefficient (Wildman–Crippen LogP) is 4.52. The molecule has 0 aliphatic rings. The van der Waals surface area contributed by atoms with Crippen LogP contribution in [0.5, 0.6) is 0 Å². The van der Waals surface area contributed by atoms with Crippen LogP contribution in [-0.4, -0.2) is 13.6 Å². The molecule has 0 saturated heterocycles. The monoisotopic (exact) mass is 268 g/mol. The van der Waals surface area contributed by atoms with Gasteiger partial charge < -0.3 is 10.2 Å². The number of para-hydroxylation sites is 2. The summed E-state index contributed by atoms with van der Waals surface area (Å²) in [5.41, 5.74) is 3.85.